The second kappa shape index (κ2) is 8.38. The zero-order valence-electron chi connectivity index (χ0n) is 11.9. The van der Waals surface area contributed by atoms with Crippen LogP contribution in [0.25, 0.3) is 0 Å². The molecule has 1 atom stereocenters. The number of anilines is 1. The Labute approximate surface area is 130 Å². The van der Waals surface area contributed by atoms with Gasteiger partial charge in [-0.05, 0) is 31.9 Å². The van der Waals surface area contributed by atoms with E-state index in [9.17, 15) is 4.79 Å². The molecule has 0 fully saturated rings. The minimum absolute atomic E-state index is 0.116. The molecule has 0 saturated heterocycles. The summed E-state index contributed by atoms with van der Waals surface area (Å²) in [7, 11) is 0. The van der Waals surface area contributed by atoms with E-state index in [-0.39, 0.29) is 21.8 Å². The molecule has 5 heteroatoms. The largest absolute Gasteiger partial charge is 0.459 e. The summed E-state index contributed by atoms with van der Waals surface area (Å²) in [6.45, 7) is 4.06. The van der Waals surface area contributed by atoms with Crippen molar-refractivity contribution in [1.29, 1.82) is 0 Å². The van der Waals surface area contributed by atoms with E-state index in [1.807, 2.05) is 6.92 Å². The highest BCUT2D eigenvalue weighted by atomic mass is 35.5. The number of benzene rings is 1. The van der Waals surface area contributed by atoms with Crippen molar-refractivity contribution < 1.29 is 9.53 Å². The number of carbonyl (C=O) groups excluding carboxylic acids is 1. The van der Waals surface area contributed by atoms with Crippen LogP contribution in [0.15, 0.2) is 12.1 Å². The molecule has 0 heterocycles. The molecular formula is C15H21Cl2NO2. The zero-order valence-corrected chi connectivity index (χ0v) is 13.4. The first kappa shape index (κ1) is 17.1. The van der Waals surface area contributed by atoms with Crippen LogP contribution in [-0.2, 0) is 4.74 Å². The molecule has 1 aromatic rings. The van der Waals surface area contributed by atoms with Crippen LogP contribution >= 0.6 is 23.2 Å². The van der Waals surface area contributed by atoms with Gasteiger partial charge in [-0.25, -0.2) is 4.79 Å². The van der Waals surface area contributed by atoms with Gasteiger partial charge in [0.05, 0.1) is 27.4 Å². The highest BCUT2D eigenvalue weighted by Crippen LogP contribution is 2.29. The Bertz CT molecular complexity index is 440. The Morgan fingerprint density at radius 2 is 1.85 bits per heavy atom. The normalized spacial score (nSPS) is 12.2. The van der Waals surface area contributed by atoms with E-state index in [4.69, 9.17) is 33.7 Å². The number of halogens is 2. The quantitative estimate of drug-likeness (QED) is 0.433. The number of rotatable bonds is 7. The minimum atomic E-state index is -0.420. The third kappa shape index (κ3) is 5.22. The van der Waals surface area contributed by atoms with E-state index in [2.05, 4.69) is 6.92 Å². The zero-order chi connectivity index (χ0) is 15.1. The van der Waals surface area contributed by atoms with Gasteiger partial charge in [0.1, 0.15) is 0 Å². The summed E-state index contributed by atoms with van der Waals surface area (Å²) in [6.07, 6.45) is 5.38. The summed E-state index contributed by atoms with van der Waals surface area (Å²) in [4.78, 5) is 12.0. The number of nitrogen functional groups attached to an aromatic ring is 1. The van der Waals surface area contributed by atoms with Gasteiger partial charge in [0.25, 0.3) is 0 Å². The van der Waals surface area contributed by atoms with E-state index >= 15 is 0 Å². The Hall–Kier alpha value is -0.930. The Kier molecular flexibility index (Phi) is 7.17. The fourth-order valence-corrected chi connectivity index (χ4v) is 2.36. The first-order valence-electron chi connectivity index (χ1n) is 6.91. The molecule has 1 unspecified atom stereocenters. The predicted molar refractivity (Wildman–Crippen MR) is 84.5 cm³/mol. The Morgan fingerprint density at radius 1 is 1.25 bits per heavy atom. The van der Waals surface area contributed by atoms with Crippen molar-refractivity contribution in [3.05, 3.63) is 27.7 Å². The maximum absolute atomic E-state index is 12.0. The van der Waals surface area contributed by atoms with Crippen molar-refractivity contribution in [2.24, 2.45) is 0 Å². The SMILES string of the molecule is CCCCCCC(C)OC(=O)c1cc(Cl)c(N)c(Cl)c1. The molecule has 1 rings (SSSR count). The molecular weight excluding hydrogens is 297 g/mol. The molecule has 1 aromatic carbocycles. The summed E-state index contributed by atoms with van der Waals surface area (Å²) in [5.74, 6) is -0.420. The molecule has 0 spiro atoms. The van der Waals surface area contributed by atoms with Crippen LogP contribution in [0.5, 0.6) is 0 Å². The summed E-state index contributed by atoms with van der Waals surface area (Å²) >= 11 is 11.8. The van der Waals surface area contributed by atoms with E-state index in [1.165, 1.54) is 25.0 Å². The van der Waals surface area contributed by atoms with Crippen molar-refractivity contribution in [3.63, 3.8) is 0 Å². The minimum Gasteiger partial charge on any atom is -0.459 e. The van der Waals surface area contributed by atoms with Crippen molar-refractivity contribution in [3.8, 4) is 0 Å². The van der Waals surface area contributed by atoms with Crippen LogP contribution in [0.4, 0.5) is 5.69 Å². The lowest BCUT2D eigenvalue weighted by molar-refractivity contribution is 0.0319. The average Bonchev–Trinajstić information content (AvgIpc) is 2.40. The van der Waals surface area contributed by atoms with E-state index in [1.54, 1.807) is 0 Å². The van der Waals surface area contributed by atoms with Gasteiger partial charge >= 0.3 is 5.97 Å². The summed E-state index contributed by atoms with van der Waals surface area (Å²) in [5.41, 5.74) is 6.23. The number of ether oxygens (including phenoxy) is 1. The number of unbranched alkanes of at least 4 members (excludes halogenated alkanes) is 3. The standard InChI is InChI=1S/C15H21Cl2NO2/c1-3-4-5-6-7-10(2)20-15(19)11-8-12(16)14(18)13(17)9-11/h8-10H,3-7,18H2,1-2H3. The van der Waals surface area contributed by atoms with Crippen molar-refractivity contribution in [1.82, 2.24) is 0 Å². The molecule has 20 heavy (non-hydrogen) atoms. The number of esters is 1. The molecule has 112 valence electrons. The lowest BCUT2D eigenvalue weighted by atomic mass is 10.1. The fraction of sp³-hybridized carbons (Fsp3) is 0.533. The molecule has 0 saturated carbocycles. The highest BCUT2D eigenvalue weighted by molar-refractivity contribution is 6.39. The average molecular weight is 318 g/mol. The molecule has 0 aliphatic carbocycles. The monoisotopic (exact) mass is 317 g/mol. The van der Waals surface area contributed by atoms with Gasteiger partial charge in [0, 0.05) is 0 Å². The Morgan fingerprint density at radius 3 is 2.40 bits per heavy atom. The van der Waals surface area contributed by atoms with Crippen LogP contribution in [0.1, 0.15) is 56.3 Å². The van der Waals surface area contributed by atoms with E-state index in [0.29, 0.717) is 5.56 Å². The lowest BCUT2D eigenvalue weighted by Crippen LogP contribution is -2.15. The lowest BCUT2D eigenvalue weighted by Gasteiger charge is -2.14. The second-order valence-electron chi connectivity index (χ2n) is 4.92. The van der Waals surface area contributed by atoms with Crippen LogP contribution in [0, 0.1) is 0 Å². The molecule has 0 bridgehead atoms. The maximum atomic E-state index is 12.0. The predicted octanol–water partition coefficient (Wildman–Crippen LogP) is 5.09. The first-order chi connectivity index (χ1) is 9.45. The van der Waals surface area contributed by atoms with E-state index < -0.39 is 5.97 Å². The summed E-state index contributed by atoms with van der Waals surface area (Å²) in [5, 5.41) is 0.528. The fourth-order valence-electron chi connectivity index (χ4n) is 1.87. The van der Waals surface area contributed by atoms with E-state index in [0.717, 1.165) is 19.3 Å². The molecule has 2 N–H and O–H groups in total. The van der Waals surface area contributed by atoms with Gasteiger partial charge in [-0.15, -0.1) is 0 Å². The van der Waals surface area contributed by atoms with Crippen LogP contribution in [0.3, 0.4) is 0 Å². The molecule has 0 radical (unpaired) electrons. The third-order valence-electron chi connectivity index (χ3n) is 3.09. The number of hydrogen-bond donors (Lipinski definition) is 1. The first-order valence-corrected chi connectivity index (χ1v) is 7.66. The highest BCUT2D eigenvalue weighted by Gasteiger charge is 2.15. The van der Waals surface area contributed by atoms with Crippen molar-refractivity contribution in [2.45, 2.75) is 52.1 Å². The third-order valence-corrected chi connectivity index (χ3v) is 3.71. The number of carbonyl (C=O) groups is 1. The molecule has 0 aromatic heterocycles. The van der Waals surface area contributed by atoms with Gasteiger partial charge < -0.3 is 10.5 Å². The molecule has 3 nitrogen and oxygen atoms in total. The topological polar surface area (TPSA) is 52.3 Å². The Balaban J connectivity index is 2.54. The van der Waals surface area contributed by atoms with Crippen molar-refractivity contribution >= 4 is 34.9 Å². The molecule has 0 aliphatic rings. The molecule has 0 aliphatic heterocycles. The van der Waals surface area contributed by atoms with Gasteiger partial charge in [0.15, 0.2) is 0 Å². The summed E-state index contributed by atoms with van der Waals surface area (Å²) < 4.78 is 5.37. The van der Waals surface area contributed by atoms with Crippen LogP contribution in [-0.4, -0.2) is 12.1 Å². The smallest absolute Gasteiger partial charge is 0.338 e. The van der Waals surface area contributed by atoms with Gasteiger partial charge in [0.2, 0.25) is 0 Å². The number of nitrogens with two attached hydrogens (primary N) is 1. The molecule has 0 amide bonds. The van der Waals surface area contributed by atoms with Gasteiger partial charge in [-0.2, -0.15) is 0 Å². The van der Waals surface area contributed by atoms with Crippen LogP contribution in [0.2, 0.25) is 10.0 Å². The van der Waals surface area contributed by atoms with Gasteiger partial charge in [-0.3, -0.25) is 0 Å². The van der Waals surface area contributed by atoms with Crippen LogP contribution < -0.4 is 5.73 Å². The van der Waals surface area contributed by atoms with Gasteiger partial charge in [-0.1, -0.05) is 49.4 Å². The second-order valence-corrected chi connectivity index (χ2v) is 5.73. The summed E-state index contributed by atoms with van der Waals surface area (Å²) in [6, 6.07) is 2.96. The maximum Gasteiger partial charge on any atom is 0.338 e. The van der Waals surface area contributed by atoms with Crippen molar-refractivity contribution in [2.75, 3.05) is 5.73 Å². The number of hydrogen-bond acceptors (Lipinski definition) is 3.